The third-order valence-corrected chi connectivity index (χ3v) is 5.60. The van der Waals surface area contributed by atoms with E-state index in [1.807, 2.05) is 12.1 Å². The maximum Gasteiger partial charge on any atom is 0.243 e. The summed E-state index contributed by atoms with van der Waals surface area (Å²) in [6.07, 6.45) is 2.05. The minimum absolute atomic E-state index is 0.254. The fraction of sp³-hybridized carbons (Fsp3) is 0.375. The van der Waals surface area contributed by atoms with Gasteiger partial charge in [-0.15, -0.1) is 11.8 Å². The molecule has 2 heterocycles. The van der Waals surface area contributed by atoms with E-state index in [1.54, 1.807) is 12.1 Å². The number of benzene rings is 1. The van der Waals surface area contributed by atoms with Gasteiger partial charge in [0.2, 0.25) is 11.6 Å². The molecule has 0 radical (unpaired) electrons. The molecule has 1 unspecified atom stereocenters. The van der Waals surface area contributed by atoms with Crippen LogP contribution in [0.25, 0.3) is 5.76 Å². The van der Waals surface area contributed by atoms with Gasteiger partial charge in [-0.1, -0.05) is 24.3 Å². The zero-order valence-corrected chi connectivity index (χ0v) is 12.3. The molecule has 0 amide bonds. The summed E-state index contributed by atoms with van der Waals surface area (Å²) in [4.78, 5) is 24.9. The van der Waals surface area contributed by atoms with E-state index >= 15 is 0 Å². The van der Waals surface area contributed by atoms with Gasteiger partial charge in [0.25, 0.3) is 0 Å². The van der Waals surface area contributed by atoms with Gasteiger partial charge >= 0.3 is 0 Å². The summed E-state index contributed by atoms with van der Waals surface area (Å²) >= 11 is 1.47. The molecule has 21 heavy (non-hydrogen) atoms. The topological polar surface area (TPSA) is 55.4 Å². The molecule has 3 aliphatic rings. The van der Waals surface area contributed by atoms with Crippen molar-refractivity contribution in [1.82, 2.24) is 5.32 Å². The molecule has 1 N–H and O–H groups in total. The zero-order chi connectivity index (χ0) is 14.4. The van der Waals surface area contributed by atoms with Gasteiger partial charge < -0.3 is 10.1 Å². The smallest absolute Gasteiger partial charge is 0.243 e. The van der Waals surface area contributed by atoms with Crippen molar-refractivity contribution in [2.45, 2.75) is 18.4 Å². The monoisotopic (exact) mass is 301 g/mol. The van der Waals surface area contributed by atoms with E-state index in [9.17, 15) is 9.59 Å². The lowest BCUT2D eigenvalue weighted by Gasteiger charge is -2.42. The number of ether oxygens (including phenoxy) is 1. The highest BCUT2D eigenvalue weighted by atomic mass is 32.2. The number of hydrogen-bond donors (Lipinski definition) is 1. The van der Waals surface area contributed by atoms with Crippen LogP contribution in [0.15, 0.2) is 29.2 Å². The molecule has 1 aliphatic carbocycles. The molecular formula is C16H15NO3S. The van der Waals surface area contributed by atoms with Gasteiger partial charge in [0.05, 0.1) is 0 Å². The Kier molecular flexibility index (Phi) is 2.94. The first-order valence-corrected chi connectivity index (χ1v) is 8.14. The fourth-order valence-electron chi connectivity index (χ4n) is 3.16. The molecule has 1 aromatic rings. The first-order chi connectivity index (χ1) is 10.2. The van der Waals surface area contributed by atoms with Crippen LogP contribution in [0.4, 0.5) is 0 Å². The number of carbonyl (C=O) groups is 2. The van der Waals surface area contributed by atoms with Crippen LogP contribution in [-0.4, -0.2) is 36.0 Å². The first-order valence-electron chi connectivity index (χ1n) is 7.15. The molecule has 5 heteroatoms. The molecular weight excluding hydrogens is 286 g/mol. The van der Waals surface area contributed by atoms with Crippen LogP contribution >= 0.6 is 11.8 Å². The number of fused-ring (bicyclic) bond motifs is 2. The Balaban J connectivity index is 1.81. The number of allylic oxidation sites excluding steroid dienone is 1. The average molecular weight is 301 g/mol. The van der Waals surface area contributed by atoms with E-state index in [0.29, 0.717) is 16.2 Å². The molecule has 1 aromatic carbocycles. The van der Waals surface area contributed by atoms with Crippen LogP contribution in [0.5, 0.6) is 0 Å². The molecule has 2 aliphatic heterocycles. The highest BCUT2D eigenvalue weighted by Gasteiger charge is 2.44. The zero-order valence-electron chi connectivity index (χ0n) is 11.5. The molecule has 4 nitrogen and oxygen atoms in total. The van der Waals surface area contributed by atoms with Crippen molar-refractivity contribution in [3.05, 3.63) is 40.3 Å². The summed E-state index contributed by atoms with van der Waals surface area (Å²) < 4.78 is 6.29. The lowest BCUT2D eigenvalue weighted by molar-refractivity contribution is -0.111. The molecule has 4 rings (SSSR count). The van der Waals surface area contributed by atoms with E-state index in [2.05, 4.69) is 5.32 Å². The van der Waals surface area contributed by atoms with E-state index in [4.69, 9.17) is 4.74 Å². The SMILES string of the molecule is O=C1C(=O)c2ccccc2C2=C1SCC1(CCCNC1)O2. The number of ketones is 2. The summed E-state index contributed by atoms with van der Waals surface area (Å²) in [6, 6.07) is 7.23. The third kappa shape index (κ3) is 1.95. The Morgan fingerprint density at radius 3 is 2.71 bits per heavy atom. The molecule has 108 valence electrons. The van der Waals surface area contributed by atoms with Crippen molar-refractivity contribution in [2.24, 2.45) is 0 Å². The number of piperidine rings is 1. The Morgan fingerprint density at radius 2 is 1.95 bits per heavy atom. The van der Waals surface area contributed by atoms with E-state index < -0.39 is 11.6 Å². The van der Waals surface area contributed by atoms with Gasteiger partial charge in [-0.05, 0) is 19.4 Å². The Bertz CT molecular complexity index is 674. The highest BCUT2D eigenvalue weighted by Crippen LogP contribution is 2.45. The summed E-state index contributed by atoms with van der Waals surface area (Å²) in [7, 11) is 0. The van der Waals surface area contributed by atoms with Crippen molar-refractivity contribution >= 4 is 29.1 Å². The minimum atomic E-state index is -0.424. The third-order valence-electron chi connectivity index (χ3n) is 4.27. The Morgan fingerprint density at radius 1 is 1.14 bits per heavy atom. The van der Waals surface area contributed by atoms with Crippen molar-refractivity contribution in [2.75, 3.05) is 18.8 Å². The van der Waals surface area contributed by atoms with Crippen molar-refractivity contribution in [3.63, 3.8) is 0 Å². The summed E-state index contributed by atoms with van der Waals surface area (Å²) in [5.74, 6) is 0.487. The second-order valence-electron chi connectivity index (χ2n) is 5.72. The quantitative estimate of drug-likeness (QED) is 0.743. The summed E-state index contributed by atoms with van der Waals surface area (Å²) in [6.45, 7) is 1.80. The molecule has 0 aromatic heterocycles. The molecule has 1 fully saturated rings. The number of thioether (sulfide) groups is 1. The maximum atomic E-state index is 12.3. The second kappa shape index (κ2) is 4.71. The number of hydrogen-bond acceptors (Lipinski definition) is 5. The first kappa shape index (κ1) is 13.1. The standard InChI is InChI=1S/C16H15NO3S/c18-12-10-4-1-2-5-11(10)14-15(13(12)19)21-9-16(20-14)6-3-7-17-8-16/h1-2,4-5,17H,3,6-9H2. The van der Waals surface area contributed by atoms with Crippen LogP contribution in [0, 0.1) is 0 Å². The van der Waals surface area contributed by atoms with Crippen molar-refractivity contribution < 1.29 is 14.3 Å². The van der Waals surface area contributed by atoms with E-state index in [-0.39, 0.29) is 5.60 Å². The Labute approximate surface area is 126 Å². The molecule has 0 saturated carbocycles. The van der Waals surface area contributed by atoms with Crippen molar-refractivity contribution in [1.29, 1.82) is 0 Å². The van der Waals surface area contributed by atoms with E-state index in [1.165, 1.54) is 11.8 Å². The predicted octanol–water partition coefficient (Wildman–Crippen LogP) is 2.01. The van der Waals surface area contributed by atoms with Gasteiger partial charge in [-0.3, -0.25) is 9.59 Å². The van der Waals surface area contributed by atoms with Crippen LogP contribution in [-0.2, 0) is 9.53 Å². The maximum absolute atomic E-state index is 12.3. The van der Waals surface area contributed by atoms with Gasteiger partial charge in [-0.25, -0.2) is 0 Å². The van der Waals surface area contributed by atoms with Gasteiger partial charge in [0.1, 0.15) is 16.3 Å². The normalized spacial score (nSPS) is 28.2. The Hall–Kier alpha value is -1.59. The highest BCUT2D eigenvalue weighted by molar-refractivity contribution is 8.04. The predicted molar refractivity (Wildman–Crippen MR) is 81.1 cm³/mol. The van der Waals surface area contributed by atoms with E-state index in [0.717, 1.165) is 37.2 Å². The molecule has 0 bridgehead atoms. The molecule has 1 spiro atoms. The van der Waals surface area contributed by atoms with Crippen molar-refractivity contribution in [3.8, 4) is 0 Å². The number of carbonyl (C=O) groups excluding carboxylic acids is 2. The van der Waals surface area contributed by atoms with Gasteiger partial charge in [0, 0.05) is 23.4 Å². The largest absolute Gasteiger partial charge is 0.483 e. The minimum Gasteiger partial charge on any atom is -0.483 e. The van der Waals surface area contributed by atoms with Crippen LogP contribution in [0.1, 0.15) is 28.8 Å². The number of nitrogens with one attached hydrogen (secondary N) is 1. The summed E-state index contributed by atoms with van der Waals surface area (Å²) in [5, 5.41) is 3.37. The average Bonchev–Trinajstić information content (AvgIpc) is 2.53. The van der Waals surface area contributed by atoms with Crippen LogP contribution < -0.4 is 5.32 Å². The van der Waals surface area contributed by atoms with Gasteiger partial charge in [-0.2, -0.15) is 0 Å². The van der Waals surface area contributed by atoms with Crippen LogP contribution in [0.3, 0.4) is 0 Å². The number of rotatable bonds is 0. The fourth-order valence-corrected chi connectivity index (χ4v) is 4.38. The molecule has 1 saturated heterocycles. The van der Waals surface area contributed by atoms with Crippen LogP contribution in [0.2, 0.25) is 0 Å². The lowest BCUT2D eigenvalue weighted by atomic mass is 9.91. The van der Waals surface area contributed by atoms with Gasteiger partial charge in [0.15, 0.2) is 0 Å². The molecule has 1 atom stereocenters. The lowest BCUT2D eigenvalue weighted by Crippen LogP contribution is -2.51. The second-order valence-corrected chi connectivity index (χ2v) is 6.70. The number of Topliss-reactive ketones (excluding diaryl/α,β-unsaturated/α-hetero) is 2. The summed E-state index contributed by atoms with van der Waals surface area (Å²) in [5.41, 5.74) is 0.965.